The smallest absolute Gasteiger partial charge is 0.0237 e. The van der Waals surface area contributed by atoms with Crippen molar-refractivity contribution in [3.63, 3.8) is 0 Å². The standard InChI is InChI=1S/C18H27N3/c1-14-11-20-7-3-2-4-18(20)13-21(14)12-15-5-6-16-9-19-10-17(16)8-15/h5-6,8,14,18-19H,2-4,7,9-13H2,1H3. The molecule has 0 radical (unpaired) electrons. The van der Waals surface area contributed by atoms with Gasteiger partial charge in [-0.2, -0.15) is 0 Å². The van der Waals surface area contributed by atoms with Crippen LogP contribution in [0.1, 0.15) is 42.9 Å². The molecule has 1 N–H and O–H groups in total. The Kier molecular flexibility index (Phi) is 3.74. The fourth-order valence-corrected chi connectivity index (χ4v) is 4.31. The fourth-order valence-electron chi connectivity index (χ4n) is 4.31. The van der Waals surface area contributed by atoms with Crippen LogP contribution in [-0.4, -0.2) is 41.5 Å². The zero-order valence-corrected chi connectivity index (χ0v) is 13.1. The molecule has 0 spiro atoms. The van der Waals surface area contributed by atoms with E-state index >= 15 is 0 Å². The molecule has 0 aromatic heterocycles. The summed E-state index contributed by atoms with van der Waals surface area (Å²) >= 11 is 0. The second-order valence-corrected chi connectivity index (χ2v) is 7.13. The van der Waals surface area contributed by atoms with Gasteiger partial charge in [-0.3, -0.25) is 9.80 Å². The van der Waals surface area contributed by atoms with E-state index in [0.717, 1.165) is 25.7 Å². The molecule has 3 heteroatoms. The molecule has 3 aliphatic heterocycles. The van der Waals surface area contributed by atoms with E-state index in [0.29, 0.717) is 6.04 Å². The Labute approximate surface area is 128 Å². The first-order chi connectivity index (χ1) is 10.3. The molecule has 3 nitrogen and oxygen atoms in total. The maximum absolute atomic E-state index is 3.44. The Balaban J connectivity index is 1.46. The normalized spacial score (nSPS) is 30.1. The van der Waals surface area contributed by atoms with E-state index in [-0.39, 0.29) is 0 Å². The van der Waals surface area contributed by atoms with E-state index in [9.17, 15) is 0 Å². The van der Waals surface area contributed by atoms with Crippen molar-refractivity contribution >= 4 is 0 Å². The summed E-state index contributed by atoms with van der Waals surface area (Å²) in [6.07, 6.45) is 4.23. The summed E-state index contributed by atoms with van der Waals surface area (Å²) in [6, 6.07) is 8.59. The monoisotopic (exact) mass is 285 g/mol. The molecule has 1 aromatic rings. The first-order valence-electron chi connectivity index (χ1n) is 8.59. The van der Waals surface area contributed by atoms with Crippen LogP contribution in [0.15, 0.2) is 18.2 Å². The number of piperidine rings is 1. The van der Waals surface area contributed by atoms with E-state index in [1.54, 1.807) is 0 Å². The number of rotatable bonds is 2. The van der Waals surface area contributed by atoms with Crippen molar-refractivity contribution in [2.75, 3.05) is 19.6 Å². The lowest BCUT2D eigenvalue weighted by Gasteiger charge is -2.47. The van der Waals surface area contributed by atoms with Crippen LogP contribution in [0.2, 0.25) is 0 Å². The molecule has 0 saturated carbocycles. The Bertz CT molecular complexity index is 513. The molecule has 0 bridgehead atoms. The van der Waals surface area contributed by atoms with Crippen molar-refractivity contribution in [1.82, 2.24) is 15.1 Å². The van der Waals surface area contributed by atoms with E-state index in [2.05, 4.69) is 40.2 Å². The molecule has 3 aliphatic rings. The molecule has 2 saturated heterocycles. The lowest BCUT2D eigenvalue weighted by Crippen LogP contribution is -2.58. The number of hydrogen-bond acceptors (Lipinski definition) is 3. The van der Waals surface area contributed by atoms with Crippen molar-refractivity contribution in [3.8, 4) is 0 Å². The highest BCUT2D eigenvalue weighted by atomic mass is 15.3. The molecule has 0 aliphatic carbocycles. The third kappa shape index (κ3) is 2.75. The maximum Gasteiger partial charge on any atom is 0.0237 e. The van der Waals surface area contributed by atoms with Crippen molar-refractivity contribution in [2.45, 2.75) is 57.9 Å². The minimum atomic E-state index is 0.686. The number of piperazine rings is 1. The Hall–Kier alpha value is -0.900. The molecular formula is C18H27N3. The minimum Gasteiger partial charge on any atom is -0.309 e. The summed E-state index contributed by atoms with van der Waals surface area (Å²) < 4.78 is 0. The zero-order valence-electron chi connectivity index (χ0n) is 13.1. The predicted molar refractivity (Wildman–Crippen MR) is 86.1 cm³/mol. The van der Waals surface area contributed by atoms with Gasteiger partial charge >= 0.3 is 0 Å². The lowest BCUT2D eigenvalue weighted by atomic mass is 9.96. The van der Waals surface area contributed by atoms with Gasteiger partial charge in [0.1, 0.15) is 0 Å². The van der Waals surface area contributed by atoms with Crippen LogP contribution in [0.5, 0.6) is 0 Å². The molecular weight excluding hydrogens is 258 g/mol. The van der Waals surface area contributed by atoms with Crippen LogP contribution in [0, 0.1) is 0 Å². The maximum atomic E-state index is 3.44. The van der Waals surface area contributed by atoms with E-state index in [4.69, 9.17) is 0 Å². The van der Waals surface area contributed by atoms with Crippen LogP contribution in [-0.2, 0) is 19.6 Å². The summed E-state index contributed by atoms with van der Waals surface area (Å²) in [7, 11) is 0. The van der Waals surface area contributed by atoms with Gasteiger partial charge in [-0.1, -0.05) is 24.6 Å². The molecule has 21 heavy (non-hydrogen) atoms. The fraction of sp³-hybridized carbons (Fsp3) is 0.667. The summed E-state index contributed by atoms with van der Waals surface area (Å²) in [5.41, 5.74) is 4.49. The molecule has 2 unspecified atom stereocenters. The van der Waals surface area contributed by atoms with Crippen LogP contribution in [0.4, 0.5) is 0 Å². The number of hydrogen-bond donors (Lipinski definition) is 1. The molecule has 114 valence electrons. The van der Waals surface area contributed by atoms with Gasteiger partial charge in [-0.25, -0.2) is 0 Å². The molecule has 3 heterocycles. The first-order valence-corrected chi connectivity index (χ1v) is 8.59. The largest absolute Gasteiger partial charge is 0.309 e. The second-order valence-electron chi connectivity index (χ2n) is 7.13. The molecule has 2 fully saturated rings. The summed E-state index contributed by atoms with van der Waals surface area (Å²) in [5, 5.41) is 3.44. The Morgan fingerprint density at radius 2 is 2.05 bits per heavy atom. The van der Waals surface area contributed by atoms with Crippen LogP contribution < -0.4 is 5.32 Å². The molecule has 0 amide bonds. The zero-order chi connectivity index (χ0) is 14.2. The van der Waals surface area contributed by atoms with Crippen molar-refractivity contribution in [1.29, 1.82) is 0 Å². The topological polar surface area (TPSA) is 18.5 Å². The quantitative estimate of drug-likeness (QED) is 0.900. The van der Waals surface area contributed by atoms with Gasteiger partial charge in [0, 0.05) is 44.8 Å². The average molecular weight is 285 g/mol. The van der Waals surface area contributed by atoms with Crippen molar-refractivity contribution < 1.29 is 0 Å². The highest BCUT2D eigenvalue weighted by molar-refractivity contribution is 5.34. The van der Waals surface area contributed by atoms with Gasteiger partial charge in [0.15, 0.2) is 0 Å². The van der Waals surface area contributed by atoms with Crippen molar-refractivity contribution in [3.05, 3.63) is 34.9 Å². The molecule has 2 atom stereocenters. The van der Waals surface area contributed by atoms with Gasteiger partial charge in [0.2, 0.25) is 0 Å². The van der Waals surface area contributed by atoms with Crippen LogP contribution >= 0.6 is 0 Å². The SMILES string of the molecule is CC1CN2CCCCC2CN1Cc1ccc2c(c1)CNC2. The van der Waals surface area contributed by atoms with Crippen molar-refractivity contribution in [2.24, 2.45) is 0 Å². The number of nitrogens with zero attached hydrogens (tertiary/aromatic N) is 2. The third-order valence-electron chi connectivity index (χ3n) is 5.60. The van der Waals surface area contributed by atoms with E-state index < -0.39 is 0 Å². The molecule has 4 rings (SSSR count). The van der Waals surface area contributed by atoms with Gasteiger partial charge in [0.25, 0.3) is 0 Å². The van der Waals surface area contributed by atoms with Gasteiger partial charge in [-0.05, 0) is 43.0 Å². The highest BCUT2D eigenvalue weighted by Gasteiger charge is 2.32. The highest BCUT2D eigenvalue weighted by Crippen LogP contribution is 2.26. The number of nitrogens with one attached hydrogen (secondary N) is 1. The van der Waals surface area contributed by atoms with Gasteiger partial charge in [-0.15, -0.1) is 0 Å². The van der Waals surface area contributed by atoms with Gasteiger partial charge in [0.05, 0.1) is 0 Å². The number of fused-ring (bicyclic) bond motifs is 2. The van der Waals surface area contributed by atoms with E-state index in [1.807, 2.05) is 0 Å². The summed E-state index contributed by atoms with van der Waals surface area (Å²) in [4.78, 5) is 5.44. The number of benzene rings is 1. The van der Waals surface area contributed by atoms with Crippen LogP contribution in [0.25, 0.3) is 0 Å². The van der Waals surface area contributed by atoms with Crippen LogP contribution in [0.3, 0.4) is 0 Å². The molecule has 1 aromatic carbocycles. The minimum absolute atomic E-state index is 0.686. The summed E-state index contributed by atoms with van der Waals surface area (Å²) in [5.74, 6) is 0. The summed E-state index contributed by atoms with van der Waals surface area (Å²) in [6.45, 7) is 9.47. The van der Waals surface area contributed by atoms with E-state index in [1.165, 1.54) is 55.6 Å². The third-order valence-corrected chi connectivity index (χ3v) is 5.60. The predicted octanol–water partition coefficient (Wildman–Crippen LogP) is 2.35. The Morgan fingerprint density at radius 3 is 3.00 bits per heavy atom. The van der Waals surface area contributed by atoms with Gasteiger partial charge < -0.3 is 5.32 Å². The average Bonchev–Trinajstić information content (AvgIpc) is 2.95. The first kappa shape index (κ1) is 13.7. The Morgan fingerprint density at radius 1 is 1.14 bits per heavy atom. The lowest BCUT2D eigenvalue weighted by molar-refractivity contribution is 0.0111. The second kappa shape index (κ2) is 5.71.